The van der Waals surface area contributed by atoms with Gasteiger partial charge in [0, 0.05) is 66.6 Å². The summed E-state index contributed by atoms with van der Waals surface area (Å²) in [6.45, 7) is 10.2. The number of hydrogen-bond acceptors (Lipinski definition) is 4. The molecule has 1 rings (SSSR count). The Balaban J connectivity index is 2.75. The van der Waals surface area contributed by atoms with Crippen LogP contribution in [0.2, 0.25) is 0 Å². The molecule has 1 fully saturated rings. The van der Waals surface area contributed by atoms with E-state index in [-0.39, 0.29) is 17.7 Å². The van der Waals surface area contributed by atoms with Gasteiger partial charge in [-0.05, 0) is 26.4 Å². The molecule has 7 nitrogen and oxygen atoms in total. The molecule has 0 unspecified atom stereocenters. The Morgan fingerprint density at radius 2 is 0.875 bits per heavy atom. The Morgan fingerprint density at radius 1 is 0.542 bits per heavy atom. The Kier molecular flexibility index (Phi) is 8.74. The normalized spacial score (nSPS) is 19.8. The van der Waals surface area contributed by atoms with E-state index in [2.05, 4.69) is 4.90 Å². The fourth-order valence-corrected chi connectivity index (χ4v) is 2.91. The number of carbonyl (C=O) groups is 3. The summed E-state index contributed by atoms with van der Waals surface area (Å²) < 4.78 is 0. The maximum Gasteiger partial charge on any atom is 0.219 e. The Bertz CT molecular complexity index is 442. The van der Waals surface area contributed by atoms with Crippen LogP contribution in [0.1, 0.15) is 33.6 Å². The average Bonchev–Trinajstić information content (AvgIpc) is 2.49. The molecule has 1 aliphatic heterocycles. The van der Waals surface area contributed by atoms with Crippen LogP contribution in [-0.2, 0) is 14.4 Å². The van der Waals surface area contributed by atoms with E-state index < -0.39 is 0 Å². The van der Waals surface area contributed by atoms with Crippen molar-refractivity contribution in [2.75, 3.05) is 59.4 Å². The van der Waals surface area contributed by atoms with E-state index in [1.54, 1.807) is 25.7 Å². The summed E-state index contributed by atoms with van der Waals surface area (Å²) >= 11 is 0. The van der Waals surface area contributed by atoms with Gasteiger partial charge in [0.1, 0.15) is 0 Å². The minimum absolute atomic E-state index is 0.0136. The Morgan fingerprint density at radius 3 is 1.25 bits per heavy atom. The second-order valence-electron chi connectivity index (χ2n) is 6.53. The van der Waals surface area contributed by atoms with Crippen LogP contribution in [0.4, 0.5) is 0 Å². The van der Waals surface area contributed by atoms with Crippen molar-refractivity contribution < 1.29 is 14.4 Å². The molecule has 1 saturated heterocycles. The highest BCUT2D eigenvalue weighted by Crippen LogP contribution is 2.02. The Hall–Kier alpha value is -1.63. The number of amides is 3. The van der Waals surface area contributed by atoms with Crippen molar-refractivity contribution in [2.24, 2.45) is 0 Å². The predicted molar refractivity (Wildman–Crippen MR) is 93.5 cm³/mol. The van der Waals surface area contributed by atoms with Gasteiger partial charge < -0.3 is 19.6 Å². The molecule has 7 heteroatoms. The number of nitrogens with zero attached hydrogens (tertiary/aromatic N) is 4. The van der Waals surface area contributed by atoms with Crippen molar-refractivity contribution in [3.63, 3.8) is 0 Å². The second kappa shape index (κ2) is 10.3. The fourth-order valence-electron chi connectivity index (χ4n) is 2.91. The van der Waals surface area contributed by atoms with Gasteiger partial charge in [0.15, 0.2) is 0 Å². The predicted octanol–water partition coefficient (Wildman–Crippen LogP) is 0.258. The van der Waals surface area contributed by atoms with E-state index in [0.29, 0.717) is 39.3 Å². The van der Waals surface area contributed by atoms with Gasteiger partial charge in [0.05, 0.1) is 0 Å². The summed E-state index contributed by atoms with van der Waals surface area (Å²) in [5, 5.41) is 0. The standard InChI is InChI=1S/C17H32N4O3/c1-15(22)19-9-6-10-21(17(3)24)14-13-20(16(2)23)8-5-7-18(4)11-12-19/h5-14H2,1-4H3. The molecule has 138 valence electrons. The minimum atomic E-state index is 0.0136. The zero-order chi connectivity index (χ0) is 18.1. The number of likely N-dealkylation sites (N-methyl/N-ethyl adjacent to an activating group) is 1. The lowest BCUT2D eigenvalue weighted by Crippen LogP contribution is -2.43. The van der Waals surface area contributed by atoms with Crippen LogP contribution in [0.15, 0.2) is 0 Å². The van der Waals surface area contributed by atoms with E-state index in [0.717, 1.165) is 25.9 Å². The van der Waals surface area contributed by atoms with Gasteiger partial charge in [-0.25, -0.2) is 0 Å². The van der Waals surface area contributed by atoms with Gasteiger partial charge in [0.25, 0.3) is 0 Å². The molecule has 24 heavy (non-hydrogen) atoms. The first-order chi connectivity index (χ1) is 11.3. The highest BCUT2D eigenvalue weighted by atomic mass is 16.2. The van der Waals surface area contributed by atoms with Crippen molar-refractivity contribution in [1.82, 2.24) is 19.6 Å². The molecular formula is C17H32N4O3. The molecule has 1 heterocycles. The number of rotatable bonds is 0. The quantitative estimate of drug-likeness (QED) is 0.634. The largest absolute Gasteiger partial charge is 0.342 e. The third-order valence-corrected chi connectivity index (χ3v) is 4.55. The topological polar surface area (TPSA) is 64.2 Å². The highest BCUT2D eigenvalue weighted by Gasteiger charge is 2.16. The smallest absolute Gasteiger partial charge is 0.219 e. The van der Waals surface area contributed by atoms with Crippen LogP contribution >= 0.6 is 0 Å². The van der Waals surface area contributed by atoms with Crippen LogP contribution in [0.5, 0.6) is 0 Å². The van der Waals surface area contributed by atoms with Gasteiger partial charge >= 0.3 is 0 Å². The van der Waals surface area contributed by atoms with Crippen molar-refractivity contribution in [2.45, 2.75) is 33.6 Å². The van der Waals surface area contributed by atoms with Crippen LogP contribution < -0.4 is 0 Å². The monoisotopic (exact) mass is 340 g/mol. The Labute approximate surface area is 145 Å². The van der Waals surface area contributed by atoms with Crippen molar-refractivity contribution >= 4 is 17.7 Å². The average molecular weight is 340 g/mol. The van der Waals surface area contributed by atoms with Gasteiger partial charge in [-0.2, -0.15) is 0 Å². The van der Waals surface area contributed by atoms with E-state index >= 15 is 0 Å². The van der Waals surface area contributed by atoms with Crippen molar-refractivity contribution in [3.8, 4) is 0 Å². The zero-order valence-corrected chi connectivity index (χ0v) is 15.6. The first-order valence-electron chi connectivity index (χ1n) is 8.76. The van der Waals surface area contributed by atoms with Crippen LogP contribution in [0.3, 0.4) is 0 Å². The van der Waals surface area contributed by atoms with Crippen LogP contribution in [0, 0.1) is 0 Å². The highest BCUT2D eigenvalue weighted by molar-refractivity contribution is 5.74. The summed E-state index contributed by atoms with van der Waals surface area (Å²) in [5.41, 5.74) is 0. The van der Waals surface area contributed by atoms with Gasteiger partial charge in [-0.3, -0.25) is 14.4 Å². The summed E-state index contributed by atoms with van der Waals surface area (Å²) in [6.07, 6.45) is 1.64. The minimum Gasteiger partial charge on any atom is -0.342 e. The molecule has 0 aromatic heterocycles. The van der Waals surface area contributed by atoms with E-state index in [9.17, 15) is 14.4 Å². The molecule has 0 saturated carbocycles. The summed E-state index contributed by atoms with van der Waals surface area (Å²) in [5.74, 6) is 0.142. The molecule has 0 aromatic carbocycles. The number of hydrogen-bond donors (Lipinski definition) is 0. The summed E-state index contributed by atoms with van der Waals surface area (Å²) in [4.78, 5) is 43.0. The molecule has 0 spiro atoms. The third kappa shape index (κ3) is 7.29. The maximum atomic E-state index is 11.8. The molecule has 3 amide bonds. The first kappa shape index (κ1) is 20.4. The van der Waals surface area contributed by atoms with E-state index in [1.165, 1.54) is 0 Å². The van der Waals surface area contributed by atoms with Crippen molar-refractivity contribution in [3.05, 3.63) is 0 Å². The van der Waals surface area contributed by atoms with E-state index in [4.69, 9.17) is 0 Å². The molecule has 0 bridgehead atoms. The van der Waals surface area contributed by atoms with E-state index in [1.807, 2.05) is 16.8 Å². The van der Waals surface area contributed by atoms with Gasteiger partial charge in [-0.15, -0.1) is 0 Å². The second-order valence-corrected chi connectivity index (χ2v) is 6.53. The molecule has 0 aromatic rings. The molecule has 1 aliphatic rings. The summed E-state index contributed by atoms with van der Waals surface area (Å²) in [7, 11) is 2.04. The van der Waals surface area contributed by atoms with Crippen LogP contribution in [0.25, 0.3) is 0 Å². The number of carbonyl (C=O) groups excluding carboxylic acids is 3. The van der Waals surface area contributed by atoms with Gasteiger partial charge in [0.2, 0.25) is 17.7 Å². The molecule has 0 atom stereocenters. The third-order valence-electron chi connectivity index (χ3n) is 4.55. The van der Waals surface area contributed by atoms with Crippen LogP contribution in [-0.4, -0.2) is 96.7 Å². The maximum absolute atomic E-state index is 11.8. The summed E-state index contributed by atoms with van der Waals surface area (Å²) in [6, 6.07) is 0. The zero-order valence-electron chi connectivity index (χ0n) is 15.6. The lowest BCUT2D eigenvalue weighted by atomic mass is 10.3. The molecule has 0 N–H and O–H groups in total. The van der Waals surface area contributed by atoms with Crippen molar-refractivity contribution in [1.29, 1.82) is 0 Å². The first-order valence-corrected chi connectivity index (χ1v) is 8.76. The molecule has 0 radical (unpaired) electrons. The lowest BCUT2D eigenvalue weighted by molar-refractivity contribution is -0.133. The molecular weight excluding hydrogens is 308 g/mol. The fraction of sp³-hybridized carbons (Fsp3) is 0.824. The van der Waals surface area contributed by atoms with Gasteiger partial charge in [-0.1, -0.05) is 0 Å². The SMILES string of the molecule is CC(=O)N1CCCN(C(C)=O)CCN(C(C)=O)CCCN(C)CC1. The lowest BCUT2D eigenvalue weighted by Gasteiger charge is -2.30. The molecule has 0 aliphatic carbocycles.